The third-order valence-electron chi connectivity index (χ3n) is 7.11. The Morgan fingerprint density at radius 3 is 2.09 bits per heavy atom. The van der Waals surface area contributed by atoms with Gasteiger partial charge in [-0.15, -0.1) is 0 Å². The second-order valence-electron chi connectivity index (χ2n) is 10.1. The van der Waals surface area contributed by atoms with Crippen LogP contribution in [0.15, 0.2) is 0 Å². The van der Waals surface area contributed by atoms with Crippen LogP contribution in [0.4, 0.5) is 0 Å². The van der Waals surface area contributed by atoms with Crippen LogP contribution in [0, 0.1) is 17.8 Å². The second-order valence-corrected chi connectivity index (χ2v) is 10.1. The zero-order valence-electron chi connectivity index (χ0n) is 21.8. The van der Waals surface area contributed by atoms with Crippen molar-refractivity contribution in [2.45, 2.75) is 116 Å². The van der Waals surface area contributed by atoms with Crippen molar-refractivity contribution >= 4 is 11.7 Å². The molecule has 10 heteroatoms. The molecule has 206 valence electrons. The van der Waals surface area contributed by atoms with Gasteiger partial charge in [0.2, 0.25) is 5.91 Å². The predicted molar refractivity (Wildman–Crippen MR) is 129 cm³/mol. The van der Waals surface area contributed by atoms with Crippen LogP contribution in [0.1, 0.15) is 73.1 Å². The van der Waals surface area contributed by atoms with Crippen molar-refractivity contribution in [3.05, 3.63) is 0 Å². The van der Waals surface area contributed by atoms with E-state index < -0.39 is 49.3 Å². The monoisotopic (exact) mass is 505 g/mol. The summed E-state index contributed by atoms with van der Waals surface area (Å²) in [4.78, 5) is 24.0. The van der Waals surface area contributed by atoms with E-state index in [1.165, 1.54) is 6.92 Å². The van der Waals surface area contributed by atoms with Crippen LogP contribution >= 0.6 is 0 Å². The molecule has 1 heterocycles. The number of ether oxygens (including phenoxy) is 2. The fourth-order valence-electron chi connectivity index (χ4n) is 4.38. The maximum Gasteiger partial charge on any atom is 0.222 e. The number of hydrogen-bond acceptors (Lipinski definition) is 9. The molecule has 1 amide bonds. The smallest absolute Gasteiger partial charge is 0.222 e. The third kappa shape index (κ3) is 10.4. The van der Waals surface area contributed by atoms with Crippen molar-refractivity contribution < 1.29 is 44.6 Å². The van der Waals surface area contributed by atoms with Crippen LogP contribution in [-0.2, 0) is 19.1 Å². The molecule has 1 aliphatic heterocycles. The summed E-state index contributed by atoms with van der Waals surface area (Å²) in [7, 11) is 0. The van der Waals surface area contributed by atoms with E-state index in [1.54, 1.807) is 0 Å². The Labute approximate surface area is 209 Å². The molecule has 10 nitrogen and oxygen atoms in total. The molecule has 2 unspecified atom stereocenters. The molecule has 0 spiro atoms. The van der Waals surface area contributed by atoms with Crippen LogP contribution in [-0.4, -0.2) is 93.3 Å². The highest BCUT2D eigenvalue weighted by atomic mass is 16.7. The Balaban J connectivity index is 2.76. The highest BCUT2D eigenvalue weighted by Gasteiger charge is 2.45. The van der Waals surface area contributed by atoms with Gasteiger partial charge in [0.25, 0.3) is 0 Å². The van der Waals surface area contributed by atoms with E-state index in [9.17, 15) is 35.1 Å². The molecular weight excluding hydrogens is 458 g/mol. The Bertz CT molecular complexity index is 634. The number of hydrogen-bond donors (Lipinski definition) is 6. The number of Topliss-reactive ketones (excluding diaryl/α,β-unsaturated/α-hetero) is 1. The van der Waals surface area contributed by atoms with Gasteiger partial charge in [-0.3, -0.25) is 9.59 Å². The Kier molecular flexibility index (Phi) is 14.5. The van der Waals surface area contributed by atoms with Gasteiger partial charge in [-0.2, -0.15) is 0 Å². The molecule has 0 aromatic carbocycles. The van der Waals surface area contributed by atoms with Crippen molar-refractivity contribution in [3.8, 4) is 0 Å². The number of aliphatic hydroxyl groups excluding tert-OH is 5. The van der Waals surface area contributed by atoms with Gasteiger partial charge in [-0.1, -0.05) is 40.5 Å². The van der Waals surface area contributed by atoms with Gasteiger partial charge in [0, 0.05) is 18.9 Å². The third-order valence-corrected chi connectivity index (χ3v) is 7.11. The first-order valence-electron chi connectivity index (χ1n) is 12.8. The first-order chi connectivity index (χ1) is 16.5. The Hall–Kier alpha value is -1.14. The fraction of sp³-hybridized carbons (Fsp3) is 0.920. The molecule has 0 radical (unpaired) electrons. The zero-order valence-corrected chi connectivity index (χ0v) is 21.8. The number of nitrogens with one attached hydrogen (secondary N) is 1. The lowest BCUT2D eigenvalue weighted by Gasteiger charge is -2.30. The lowest BCUT2D eigenvalue weighted by atomic mass is 9.92. The molecule has 10 atom stereocenters. The average molecular weight is 506 g/mol. The first kappa shape index (κ1) is 31.9. The van der Waals surface area contributed by atoms with Crippen LogP contribution in [0.5, 0.6) is 0 Å². The van der Waals surface area contributed by atoms with E-state index in [-0.39, 0.29) is 61.9 Å². The number of ketones is 1. The van der Waals surface area contributed by atoms with Crippen molar-refractivity contribution in [2.75, 3.05) is 13.2 Å². The van der Waals surface area contributed by atoms with Gasteiger partial charge in [0.15, 0.2) is 6.29 Å². The predicted octanol–water partition coefficient (Wildman–Crippen LogP) is 0.506. The van der Waals surface area contributed by atoms with Crippen molar-refractivity contribution in [1.29, 1.82) is 0 Å². The molecule has 1 saturated heterocycles. The lowest BCUT2D eigenvalue weighted by molar-refractivity contribution is -0.200. The van der Waals surface area contributed by atoms with Crippen LogP contribution < -0.4 is 5.32 Å². The minimum Gasteiger partial charge on any atom is -0.396 e. The van der Waals surface area contributed by atoms with Crippen LogP contribution in [0.2, 0.25) is 0 Å². The van der Waals surface area contributed by atoms with E-state index in [1.807, 2.05) is 27.7 Å². The van der Waals surface area contributed by atoms with Gasteiger partial charge in [0.1, 0.15) is 11.9 Å². The minimum atomic E-state index is -1.07. The Morgan fingerprint density at radius 1 is 0.971 bits per heavy atom. The summed E-state index contributed by atoms with van der Waals surface area (Å²) in [6.45, 7) is 8.47. The standard InChI is InChI=1S/C25H47NO9/c1-6-14(3)20(9-17(30)8-16(5)29)26-23(32)11-18(31)10-21(15(4)7-2)34-25-19(12-27)24(33)22(13-28)35-25/h14-15,17-22,24-25,27-28,30-31,33H,6-13H2,1-5H3,(H,26,32)/t14-,15-,17+,18-,19?,20-,21-,22-,24?,25+/m0/s1. The van der Waals surface area contributed by atoms with Gasteiger partial charge in [0.05, 0.1) is 50.0 Å². The summed E-state index contributed by atoms with van der Waals surface area (Å²) in [6, 6.07) is -0.329. The molecular formula is C25H47NO9. The van der Waals surface area contributed by atoms with Crippen LogP contribution in [0.25, 0.3) is 0 Å². The summed E-state index contributed by atoms with van der Waals surface area (Å²) in [5.41, 5.74) is 0. The molecule has 1 aliphatic rings. The molecule has 1 rings (SSSR count). The molecule has 35 heavy (non-hydrogen) atoms. The summed E-state index contributed by atoms with van der Waals surface area (Å²) in [6.07, 6.45) is -3.46. The maximum atomic E-state index is 12.7. The number of carbonyl (C=O) groups is 2. The fourth-order valence-corrected chi connectivity index (χ4v) is 4.38. The van der Waals surface area contributed by atoms with E-state index in [2.05, 4.69) is 5.32 Å². The quantitative estimate of drug-likeness (QED) is 0.165. The zero-order chi connectivity index (χ0) is 26.7. The average Bonchev–Trinajstić information content (AvgIpc) is 3.10. The van der Waals surface area contributed by atoms with E-state index in [0.717, 1.165) is 12.8 Å². The first-order valence-corrected chi connectivity index (χ1v) is 12.8. The van der Waals surface area contributed by atoms with E-state index in [4.69, 9.17) is 9.47 Å². The summed E-state index contributed by atoms with van der Waals surface area (Å²) < 4.78 is 11.6. The maximum absolute atomic E-state index is 12.7. The molecule has 0 saturated carbocycles. The molecule has 0 aromatic rings. The van der Waals surface area contributed by atoms with Crippen molar-refractivity contribution in [3.63, 3.8) is 0 Å². The normalized spacial score (nSPS) is 27.6. The summed E-state index contributed by atoms with van der Waals surface area (Å²) >= 11 is 0. The van der Waals surface area contributed by atoms with Gasteiger partial charge >= 0.3 is 0 Å². The number of amides is 1. The van der Waals surface area contributed by atoms with Crippen LogP contribution in [0.3, 0.4) is 0 Å². The van der Waals surface area contributed by atoms with Gasteiger partial charge in [-0.25, -0.2) is 0 Å². The Morgan fingerprint density at radius 2 is 1.57 bits per heavy atom. The van der Waals surface area contributed by atoms with Gasteiger partial charge in [-0.05, 0) is 25.2 Å². The van der Waals surface area contributed by atoms with E-state index in [0.29, 0.717) is 0 Å². The summed E-state index contributed by atoms with van der Waals surface area (Å²) in [5.74, 6) is -1.13. The topological polar surface area (TPSA) is 166 Å². The number of carbonyl (C=O) groups excluding carboxylic acids is 2. The van der Waals surface area contributed by atoms with E-state index >= 15 is 0 Å². The molecule has 0 bridgehead atoms. The highest BCUT2D eigenvalue weighted by molar-refractivity contribution is 5.77. The lowest BCUT2D eigenvalue weighted by Crippen LogP contribution is -2.43. The van der Waals surface area contributed by atoms with Crippen molar-refractivity contribution in [1.82, 2.24) is 5.32 Å². The molecule has 1 fully saturated rings. The molecule has 6 N–H and O–H groups in total. The summed E-state index contributed by atoms with van der Waals surface area (Å²) in [5, 5.41) is 53.0. The number of aliphatic hydroxyl groups is 5. The number of rotatable bonds is 17. The molecule has 0 aromatic heterocycles. The largest absolute Gasteiger partial charge is 0.396 e. The highest BCUT2D eigenvalue weighted by Crippen LogP contribution is 2.31. The molecule has 0 aliphatic carbocycles. The SMILES string of the molecule is CC[C@H](C)[C@H](C[C@H](O)CC(C)=O)NC(=O)C[C@@H](O)C[C@H](O[C@@H]1O[C@@H](CO)C(O)C1CO)[C@@H](C)CC. The second kappa shape index (κ2) is 15.9. The minimum absolute atomic E-state index is 0.00411. The van der Waals surface area contributed by atoms with Crippen molar-refractivity contribution in [2.24, 2.45) is 17.8 Å². The van der Waals surface area contributed by atoms with Gasteiger partial charge < -0.3 is 40.3 Å².